The molecule has 2 aromatic rings. The van der Waals surface area contributed by atoms with Crippen molar-refractivity contribution in [1.82, 2.24) is 9.78 Å². The number of carbonyl (C=O) groups excluding carboxylic acids is 1. The third-order valence-corrected chi connectivity index (χ3v) is 6.62. The van der Waals surface area contributed by atoms with E-state index in [-0.39, 0.29) is 23.8 Å². The first-order valence-electron chi connectivity index (χ1n) is 10.5. The summed E-state index contributed by atoms with van der Waals surface area (Å²) >= 11 is 0. The fourth-order valence-electron chi connectivity index (χ4n) is 4.94. The topological polar surface area (TPSA) is 84.2 Å². The van der Waals surface area contributed by atoms with Crippen molar-refractivity contribution in [3.05, 3.63) is 47.7 Å². The second-order valence-corrected chi connectivity index (χ2v) is 9.19. The van der Waals surface area contributed by atoms with Crippen molar-refractivity contribution < 1.29 is 14.7 Å². The summed E-state index contributed by atoms with van der Waals surface area (Å²) in [5, 5.41) is 17.9. The van der Waals surface area contributed by atoms with Gasteiger partial charge in [0, 0.05) is 6.42 Å². The summed E-state index contributed by atoms with van der Waals surface area (Å²) in [4.78, 5) is 25.3. The Morgan fingerprint density at radius 3 is 2.52 bits per heavy atom. The molecule has 1 atom stereocenters. The van der Waals surface area contributed by atoms with Crippen LogP contribution in [0.2, 0.25) is 0 Å². The normalized spacial score (nSPS) is 22.3. The standard InChI is InChI=1S/C23H29N3O3/c1-22(2)13-18(16-9-5-3-6-10-16)25-20-17(15-24-26(20)22)19(27)14-23(21(28)29)11-7-4-8-12-23/h3,5-6,9-10,15,18,25H,4,7-8,11-14H2,1-2H3,(H,28,29). The van der Waals surface area contributed by atoms with E-state index in [0.717, 1.165) is 25.7 Å². The number of benzene rings is 1. The van der Waals surface area contributed by atoms with E-state index in [9.17, 15) is 14.7 Å². The highest BCUT2D eigenvalue weighted by atomic mass is 16.4. The van der Waals surface area contributed by atoms with Gasteiger partial charge in [-0.05, 0) is 38.7 Å². The van der Waals surface area contributed by atoms with Crippen molar-refractivity contribution in [3.63, 3.8) is 0 Å². The Balaban J connectivity index is 1.65. The molecule has 0 amide bonds. The van der Waals surface area contributed by atoms with Gasteiger partial charge in [0.25, 0.3) is 0 Å². The van der Waals surface area contributed by atoms with E-state index in [1.54, 1.807) is 6.20 Å². The Morgan fingerprint density at radius 2 is 1.86 bits per heavy atom. The molecule has 1 aromatic carbocycles. The van der Waals surface area contributed by atoms with Crippen LogP contribution >= 0.6 is 0 Å². The van der Waals surface area contributed by atoms with E-state index in [1.165, 1.54) is 5.56 Å². The Kier molecular flexibility index (Phi) is 4.97. The molecule has 1 fully saturated rings. The van der Waals surface area contributed by atoms with Crippen molar-refractivity contribution in [2.24, 2.45) is 5.41 Å². The molecule has 2 N–H and O–H groups in total. The number of aromatic nitrogens is 2. The van der Waals surface area contributed by atoms with Gasteiger partial charge in [0.1, 0.15) is 5.82 Å². The summed E-state index contributed by atoms with van der Waals surface area (Å²) in [6.07, 6.45) is 6.42. The molecule has 154 valence electrons. The number of carboxylic acid groups (broad SMARTS) is 1. The lowest BCUT2D eigenvalue weighted by Gasteiger charge is -2.38. The number of carboxylic acids is 1. The fourth-order valence-corrected chi connectivity index (χ4v) is 4.94. The van der Waals surface area contributed by atoms with Gasteiger partial charge in [-0.2, -0.15) is 5.10 Å². The van der Waals surface area contributed by atoms with Crippen LogP contribution in [-0.4, -0.2) is 26.6 Å². The molecular weight excluding hydrogens is 366 g/mol. The van der Waals surface area contributed by atoms with E-state index in [0.29, 0.717) is 24.2 Å². The Hall–Kier alpha value is -2.63. The average Bonchev–Trinajstić information content (AvgIpc) is 3.14. The predicted octanol–water partition coefficient (Wildman–Crippen LogP) is 4.78. The minimum absolute atomic E-state index is 0.0408. The minimum atomic E-state index is -0.937. The molecule has 2 heterocycles. The van der Waals surface area contributed by atoms with Gasteiger partial charge in [-0.15, -0.1) is 0 Å². The third-order valence-electron chi connectivity index (χ3n) is 6.62. The first-order chi connectivity index (χ1) is 13.8. The molecule has 1 aromatic heterocycles. The molecule has 1 unspecified atom stereocenters. The zero-order valence-corrected chi connectivity index (χ0v) is 17.1. The molecular formula is C23H29N3O3. The first-order valence-corrected chi connectivity index (χ1v) is 10.5. The number of hydrogen-bond acceptors (Lipinski definition) is 4. The van der Waals surface area contributed by atoms with Crippen LogP contribution in [0.3, 0.4) is 0 Å². The van der Waals surface area contributed by atoms with Crippen molar-refractivity contribution in [2.45, 2.75) is 70.4 Å². The van der Waals surface area contributed by atoms with Crippen molar-refractivity contribution in [3.8, 4) is 0 Å². The van der Waals surface area contributed by atoms with Gasteiger partial charge >= 0.3 is 5.97 Å². The van der Waals surface area contributed by atoms with Crippen LogP contribution in [0.15, 0.2) is 36.5 Å². The van der Waals surface area contributed by atoms with Gasteiger partial charge in [0.2, 0.25) is 0 Å². The number of carbonyl (C=O) groups is 2. The van der Waals surface area contributed by atoms with Crippen LogP contribution in [0.1, 0.15) is 80.8 Å². The fraction of sp³-hybridized carbons (Fsp3) is 0.522. The average molecular weight is 396 g/mol. The number of rotatable bonds is 5. The quantitative estimate of drug-likeness (QED) is 0.712. The second-order valence-electron chi connectivity index (χ2n) is 9.19. The Bertz CT molecular complexity index is 911. The van der Waals surface area contributed by atoms with Crippen LogP contribution in [0.25, 0.3) is 0 Å². The lowest BCUT2D eigenvalue weighted by molar-refractivity contribution is -0.150. The van der Waals surface area contributed by atoms with E-state index in [1.807, 2.05) is 22.9 Å². The maximum atomic E-state index is 13.3. The van der Waals surface area contributed by atoms with Gasteiger partial charge in [0.15, 0.2) is 5.78 Å². The van der Waals surface area contributed by atoms with E-state index in [2.05, 4.69) is 36.4 Å². The molecule has 1 aliphatic heterocycles. The summed E-state index contributed by atoms with van der Waals surface area (Å²) in [5.41, 5.74) is 0.480. The second kappa shape index (κ2) is 7.32. The highest BCUT2D eigenvalue weighted by molar-refractivity contribution is 6.02. The monoisotopic (exact) mass is 395 g/mol. The van der Waals surface area contributed by atoms with Crippen molar-refractivity contribution >= 4 is 17.6 Å². The Morgan fingerprint density at radius 1 is 1.17 bits per heavy atom. The molecule has 0 spiro atoms. The number of anilines is 1. The number of fused-ring (bicyclic) bond motifs is 1. The molecule has 1 aliphatic carbocycles. The van der Waals surface area contributed by atoms with Crippen molar-refractivity contribution in [2.75, 3.05) is 5.32 Å². The summed E-state index contributed by atoms with van der Waals surface area (Å²) in [5.74, 6) is -0.272. The van der Waals surface area contributed by atoms with E-state index in [4.69, 9.17) is 0 Å². The third kappa shape index (κ3) is 3.56. The maximum absolute atomic E-state index is 13.3. The highest BCUT2D eigenvalue weighted by Gasteiger charge is 2.43. The number of nitrogens with one attached hydrogen (secondary N) is 1. The number of ketones is 1. The number of hydrogen-bond donors (Lipinski definition) is 2. The summed E-state index contributed by atoms with van der Waals surface area (Å²) < 4.78 is 1.88. The van der Waals surface area contributed by atoms with Crippen LogP contribution in [0, 0.1) is 5.41 Å². The number of Topliss-reactive ketones (excluding diaryl/α,β-unsaturated/α-hetero) is 1. The molecule has 4 rings (SSSR count). The van der Waals surface area contributed by atoms with Gasteiger partial charge < -0.3 is 10.4 Å². The molecule has 0 bridgehead atoms. The zero-order chi connectivity index (χ0) is 20.6. The molecule has 2 aliphatic rings. The summed E-state index contributed by atoms with van der Waals surface area (Å²) in [7, 11) is 0. The van der Waals surface area contributed by atoms with Crippen LogP contribution in [-0.2, 0) is 10.3 Å². The van der Waals surface area contributed by atoms with Crippen LogP contribution in [0.5, 0.6) is 0 Å². The van der Waals surface area contributed by atoms with Crippen LogP contribution in [0.4, 0.5) is 5.82 Å². The zero-order valence-electron chi connectivity index (χ0n) is 17.1. The van der Waals surface area contributed by atoms with Gasteiger partial charge in [-0.1, -0.05) is 49.6 Å². The summed E-state index contributed by atoms with van der Waals surface area (Å²) in [6.45, 7) is 4.24. The van der Waals surface area contributed by atoms with Gasteiger partial charge in [0.05, 0.1) is 28.8 Å². The SMILES string of the molecule is CC1(C)CC(c2ccccc2)Nc2c(C(=O)CC3(C(=O)O)CCCCC3)cnn21. The smallest absolute Gasteiger partial charge is 0.310 e. The highest BCUT2D eigenvalue weighted by Crippen LogP contribution is 2.43. The molecule has 0 radical (unpaired) electrons. The summed E-state index contributed by atoms with van der Waals surface area (Å²) in [6, 6.07) is 10.3. The maximum Gasteiger partial charge on any atom is 0.310 e. The lowest BCUT2D eigenvalue weighted by Crippen LogP contribution is -2.38. The van der Waals surface area contributed by atoms with Crippen LogP contribution < -0.4 is 5.32 Å². The molecule has 6 heteroatoms. The number of aliphatic carboxylic acids is 1. The number of nitrogens with zero attached hydrogens (tertiary/aromatic N) is 2. The van der Waals surface area contributed by atoms with Gasteiger partial charge in [-0.25, -0.2) is 4.68 Å². The van der Waals surface area contributed by atoms with E-state index < -0.39 is 11.4 Å². The van der Waals surface area contributed by atoms with E-state index >= 15 is 0 Å². The minimum Gasteiger partial charge on any atom is -0.481 e. The largest absolute Gasteiger partial charge is 0.481 e. The first kappa shape index (κ1) is 19.7. The Labute approximate surface area is 171 Å². The molecule has 29 heavy (non-hydrogen) atoms. The lowest BCUT2D eigenvalue weighted by atomic mass is 9.70. The molecule has 0 saturated heterocycles. The molecule has 6 nitrogen and oxygen atoms in total. The predicted molar refractivity (Wildman–Crippen MR) is 111 cm³/mol. The molecule has 1 saturated carbocycles. The van der Waals surface area contributed by atoms with Gasteiger partial charge in [-0.3, -0.25) is 9.59 Å². The van der Waals surface area contributed by atoms with Crippen molar-refractivity contribution in [1.29, 1.82) is 0 Å².